The van der Waals surface area contributed by atoms with Crippen molar-refractivity contribution in [2.75, 3.05) is 0 Å². The van der Waals surface area contributed by atoms with Gasteiger partial charge in [0.25, 0.3) is 5.91 Å². The number of aromatic nitrogens is 1. The van der Waals surface area contributed by atoms with Crippen LogP contribution in [0.5, 0.6) is 5.75 Å². The Morgan fingerprint density at radius 2 is 1.88 bits per heavy atom. The van der Waals surface area contributed by atoms with Gasteiger partial charge < -0.3 is 14.8 Å². The number of rotatable bonds is 4. The molecule has 3 aromatic carbocycles. The Labute approximate surface area is 198 Å². The minimum atomic E-state index is -3.46. The van der Waals surface area contributed by atoms with Gasteiger partial charge in [0.05, 0.1) is 10.6 Å². The molecule has 162 valence electrons. The van der Waals surface area contributed by atoms with Gasteiger partial charge in [0.2, 0.25) is 0 Å². The Morgan fingerprint density at radius 1 is 1.12 bits per heavy atom. The molecule has 0 bridgehead atoms. The van der Waals surface area contributed by atoms with Crippen molar-refractivity contribution in [2.24, 2.45) is 0 Å². The summed E-state index contributed by atoms with van der Waals surface area (Å²) in [5, 5.41) is 5.04. The first-order valence-corrected chi connectivity index (χ1v) is 12.8. The van der Waals surface area contributed by atoms with E-state index in [1.165, 1.54) is 0 Å². The number of hydrogen-bond donors (Lipinski definition) is 2. The summed E-state index contributed by atoms with van der Waals surface area (Å²) >= 11 is 9.66. The third-order valence-electron chi connectivity index (χ3n) is 5.56. The molecular weight excluding hydrogens is 511 g/mol. The predicted molar refractivity (Wildman–Crippen MR) is 132 cm³/mol. The second-order valence-electron chi connectivity index (χ2n) is 7.92. The quantitative estimate of drug-likeness (QED) is 0.331. The van der Waals surface area contributed by atoms with E-state index in [4.69, 9.17) is 16.1 Å². The maximum atomic E-state index is 14.2. The Hall–Kier alpha value is -2.53. The molecule has 1 aliphatic rings. The average molecular weight is 530 g/mol. The van der Waals surface area contributed by atoms with E-state index in [1.807, 2.05) is 50.2 Å². The summed E-state index contributed by atoms with van der Waals surface area (Å²) in [4.78, 5) is 16.4. The van der Waals surface area contributed by atoms with E-state index in [9.17, 15) is 9.36 Å². The minimum Gasteiger partial charge on any atom is -0.435 e. The van der Waals surface area contributed by atoms with Crippen LogP contribution in [-0.4, -0.2) is 10.9 Å². The molecule has 1 aromatic heterocycles. The molecule has 1 atom stereocenters. The van der Waals surface area contributed by atoms with Crippen LogP contribution in [0.1, 0.15) is 27.2 Å². The molecule has 1 aliphatic heterocycles. The molecule has 0 spiro atoms. The van der Waals surface area contributed by atoms with Gasteiger partial charge in [-0.1, -0.05) is 45.7 Å². The van der Waals surface area contributed by atoms with E-state index in [0.29, 0.717) is 38.8 Å². The summed E-state index contributed by atoms with van der Waals surface area (Å²) < 4.78 is 21.0. The SMILES string of the molecule is Cc1cc(C)c2c(c1)P(=O)(c1c(C(=O)NCc3ccc(Br)cc3)[nH]c3ccc(Cl)cc13)O2. The van der Waals surface area contributed by atoms with Crippen molar-refractivity contribution < 1.29 is 13.9 Å². The lowest BCUT2D eigenvalue weighted by molar-refractivity contribution is 0.0947. The zero-order chi connectivity index (χ0) is 22.6. The van der Waals surface area contributed by atoms with E-state index in [2.05, 4.69) is 26.2 Å². The standard InChI is InChI=1S/C24H19BrClN2O3P/c1-13-9-14(2)22-20(10-13)32(30,31-22)23-18-11-17(26)7-8-19(18)28-21(23)24(29)27-12-15-3-5-16(25)6-4-15/h3-11,28H,12H2,1-2H3,(H,27,29). The number of benzene rings is 3. The molecular formula is C24H19BrClN2O3P. The van der Waals surface area contributed by atoms with E-state index in [0.717, 1.165) is 21.2 Å². The van der Waals surface area contributed by atoms with Crippen molar-refractivity contribution in [2.45, 2.75) is 20.4 Å². The molecule has 0 aliphatic carbocycles. The van der Waals surface area contributed by atoms with Gasteiger partial charge in [0.15, 0.2) is 0 Å². The van der Waals surface area contributed by atoms with Gasteiger partial charge in [-0.3, -0.25) is 9.36 Å². The van der Waals surface area contributed by atoms with Crippen molar-refractivity contribution in [1.29, 1.82) is 0 Å². The van der Waals surface area contributed by atoms with Crippen molar-refractivity contribution in [3.63, 3.8) is 0 Å². The smallest absolute Gasteiger partial charge is 0.313 e. The summed E-state index contributed by atoms with van der Waals surface area (Å²) in [7, 11) is -3.46. The fourth-order valence-electron chi connectivity index (χ4n) is 4.07. The molecule has 1 unspecified atom stereocenters. The number of carbonyl (C=O) groups excluding carboxylic acids is 1. The molecule has 0 saturated heterocycles. The first kappa shape index (κ1) is 21.3. The van der Waals surface area contributed by atoms with Crippen LogP contribution in [-0.2, 0) is 11.1 Å². The highest BCUT2D eigenvalue weighted by Gasteiger charge is 2.47. The molecule has 5 nitrogen and oxygen atoms in total. The van der Waals surface area contributed by atoms with Gasteiger partial charge in [-0.05, 0) is 66.9 Å². The van der Waals surface area contributed by atoms with Crippen LogP contribution < -0.4 is 20.4 Å². The van der Waals surface area contributed by atoms with Gasteiger partial charge in [0.1, 0.15) is 11.4 Å². The number of aromatic amines is 1. The van der Waals surface area contributed by atoms with Crippen LogP contribution in [0.4, 0.5) is 0 Å². The van der Waals surface area contributed by atoms with E-state index >= 15 is 0 Å². The number of carbonyl (C=O) groups is 1. The van der Waals surface area contributed by atoms with Gasteiger partial charge in [-0.25, -0.2) is 0 Å². The van der Waals surface area contributed by atoms with E-state index in [-0.39, 0.29) is 11.6 Å². The minimum absolute atomic E-state index is 0.229. The van der Waals surface area contributed by atoms with Crippen molar-refractivity contribution in [1.82, 2.24) is 10.3 Å². The zero-order valence-corrected chi connectivity index (χ0v) is 20.6. The molecule has 0 radical (unpaired) electrons. The lowest BCUT2D eigenvalue weighted by atomic mass is 10.1. The number of nitrogens with one attached hydrogen (secondary N) is 2. The summed E-state index contributed by atoms with van der Waals surface area (Å²) in [5.41, 5.74) is 3.77. The predicted octanol–water partition coefficient (Wildman–Crippen LogP) is 5.75. The first-order valence-electron chi connectivity index (χ1n) is 10.0. The highest BCUT2D eigenvalue weighted by atomic mass is 79.9. The highest BCUT2D eigenvalue weighted by molar-refractivity contribution is 9.10. The maximum absolute atomic E-state index is 14.2. The van der Waals surface area contributed by atoms with Crippen molar-refractivity contribution in [3.05, 3.63) is 86.5 Å². The summed E-state index contributed by atoms with van der Waals surface area (Å²) in [5.74, 6) is 0.267. The molecule has 1 amide bonds. The van der Waals surface area contributed by atoms with E-state index < -0.39 is 7.37 Å². The Balaban J connectivity index is 1.60. The topological polar surface area (TPSA) is 71.2 Å². The van der Waals surface area contributed by atoms with Crippen LogP contribution in [0, 0.1) is 13.8 Å². The second-order valence-corrected chi connectivity index (χ2v) is 11.5. The molecule has 5 rings (SSSR count). The number of aryl methyl sites for hydroxylation is 2. The van der Waals surface area contributed by atoms with Crippen LogP contribution in [0.3, 0.4) is 0 Å². The normalized spacial score (nSPS) is 16.9. The number of H-pyrrole nitrogens is 1. The Kier molecular flexibility index (Phi) is 5.20. The lowest BCUT2D eigenvalue weighted by Gasteiger charge is -2.33. The first-order chi connectivity index (χ1) is 15.3. The zero-order valence-electron chi connectivity index (χ0n) is 17.3. The largest absolute Gasteiger partial charge is 0.435 e. The fraction of sp³-hybridized carbons (Fsp3) is 0.125. The summed E-state index contributed by atoms with van der Waals surface area (Å²) in [6, 6.07) is 16.8. The molecule has 8 heteroatoms. The van der Waals surface area contributed by atoms with Gasteiger partial charge in [-0.2, -0.15) is 0 Å². The van der Waals surface area contributed by atoms with Crippen LogP contribution in [0.25, 0.3) is 10.9 Å². The number of hydrogen-bond acceptors (Lipinski definition) is 3. The summed E-state index contributed by atoms with van der Waals surface area (Å²) in [6.07, 6.45) is 0. The summed E-state index contributed by atoms with van der Waals surface area (Å²) in [6.45, 7) is 4.21. The molecule has 0 fully saturated rings. The van der Waals surface area contributed by atoms with Crippen molar-refractivity contribution >= 4 is 62.3 Å². The van der Waals surface area contributed by atoms with Crippen LogP contribution >= 0.6 is 34.9 Å². The third-order valence-corrected chi connectivity index (χ3v) is 8.78. The van der Waals surface area contributed by atoms with Gasteiger partial charge >= 0.3 is 7.37 Å². The molecule has 2 N–H and O–H groups in total. The second kappa shape index (κ2) is 7.80. The maximum Gasteiger partial charge on any atom is 0.313 e. The lowest BCUT2D eigenvalue weighted by Crippen LogP contribution is -2.36. The molecule has 0 saturated carbocycles. The van der Waals surface area contributed by atoms with Crippen molar-refractivity contribution in [3.8, 4) is 5.75 Å². The number of amides is 1. The molecule has 4 aromatic rings. The fourth-order valence-corrected chi connectivity index (χ4v) is 7.12. The number of fused-ring (bicyclic) bond motifs is 2. The number of halogens is 2. The van der Waals surface area contributed by atoms with Gasteiger partial charge in [0, 0.05) is 26.9 Å². The average Bonchev–Trinajstić information content (AvgIpc) is 3.13. The monoisotopic (exact) mass is 528 g/mol. The molecule has 32 heavy (non-hydrogen) atoms. The van der Waals surface area contributed by atoms with Crippen LogP contribution in [0.2, 0.25) is 5.02 Å². The highest BCUT2D eigenvalue weighted by Crippen LogP contribution is 2.58. The Bertz CT molecular complexity index is 1450. The third kappa shape index (κ3) is 3.47. The van der Waals surface area contributed by atoms with Crippen LogP contribution in [0.15, 0.2) is 59.1 Å². The van der Waals surface area contributed by atoms with E-state index in [1.54, 1.807) is 18.2 Å². The Morgan fingerprint density at radius 3 is 2.62 bits per heavy atom. The van der Waals surface area contributed by atoms with Gasteiger partial charge in [-0.15, -0.1) is 0 Å². The molecule has 2 heterocycles.